The van der Waals surface area contributed by atoms with Crippen molar-refractivity contribution in [3.05, 3.63) is 71.9 Å². The van der Waals surface area contributed by atoms with Crippen LogP contribution in [0.5, 0.6) is 0 Å². The molecule has 0 fully saturated rings. The fraction of sp³-hybridized carbons (Fsp3) is 0.154. The van der Waals surface area contributed by atoms with Crippen LogP contribution < -0.4 is 0 Å². The van der Waals surface area contributed by atoms with E-state index in [4.69, 9.17) is 0 Å². The van der Waals surface area contributed by atoms with Crippen LogP contribution in [-0.2, 0) is 12.5 Å². The number of benzene rings is 3. The Bertz CT molecular complexity index is 1640. The molecule has 3 aromatic heterocycles. The summed E-state index contributed by atoms with van der Waals surface area (Å²) in [6.07, 6.45) is 4.68. The Kier molecular flexibility index (Phi) is 2.33. The summed E-state index contributed by atoms with van der Waals surface area (Å²) in [6.45, 7) is 4.66. The van der Waals surface area contributed by atoms with Gasteiger partial charge in [-0.25, -0.2) is 0 Å². The topological polar surface area (TPSA) is 9.34 Å². The van der Waals surface area contributed by atoms with Crippen molar-refractivity contribution in [1.82, 2.24) is 8.97 Å². The van der Waals surface area contributed by atoms with Crippen molar-refractivity contribution in [2.45, 2.75) is 19.3 Å². The van der Waals surface area contributed by atoms with Crippen molar-refractivity contribution in [2.24, 2.45) is 7.05 Å². The van der Waals surface area contributed by atoms with Crippen molar-refractivity contribution >= 4 is 55.1 Å². The first-order valence-corrected chi connectivity index (χ1v) is 9.96. The first-order chi connectivity index (χ1) is 13.6. The van der Waals surface area contributed by atoms with Gasteiger partial charge < -0.3 is 8.97 Å². The Balaban J connectivity index is 2.01. The number of hydrogen-bond donors (Lipinski definition) is 0. The summed E-state index contributed by atoms with van der Waals surface area (Å²) in [5, 5.41) is 6.80. The van der Waals surface area contributed by atoms with Crippen molar-refractivity contribution in [3.8, 4) is 0 Å². The molecule has 6 aromatic rings. The minimum Gasteiger partial charge on any atom is -0.344 e. The summed E-state index contributed by atoms with van der Waals surface area (Å²) in [5.41, 5.74) is 8.08. The standard InChI is InChI=1S/C26H20N2/c1-26(2)14-13-18-17-11-12-21-23-22-16(8-6-10-20(22)27(21)3)15-7-4-5-9-19(15)28(24(17)23)25(18)26/h4-14H,1-3H3. The maximum Gasteiger partial charge on any atom is 0.0638 e. The van der Waals surface area contributed by atoms with Gasteiger partial charge in [0.15, 0.2) is 0 Å². The zero-order chi connectivity index (χ0) is 18.8. The van der Waals surface area contributed by atoms with Gasteiger partial charge in [-0.15, -0.1) is 0 Å². The van der Waals surface area contributed by atoms with E-state index in [0.29, 0.717) is 0 Å². The molecule has 0 spiro atoms. The average molecular weight is 360 g/mol. The molecular weight excluding hydrogens is 340 g/mol. The van der Waals surface area contributed by atoms with E-state index < -0.39 is 0 Å². The van der Waals surface area contributed by atoms with E-state index in [1.807, 2.05) is 0 Å². The van der Waals surface area contributed by atoms with Crippen LogP contribution in [0.25, 0.3) is 55.1 Å². The zero-order valence-electron chi connectivity index (χ0n) is 16.2. The lowest BCUT2D eigenvalue weighted by atomic mass is 9.92. The van der Waals surface area contributed by atoms with E-state index in [-0.39, 0.29) is 5.41 Å². The summed E-state index contributed by atoms with van der Waals surface area (Å²) in [7, 11) is 2.19. The number of aromatic nitrogens is 2. The number of nitrogens with zero attached hydrogens (tertiary/aromatic N) is 2. The molecule has 3 heterocycles. The minimum absolute atomic E-state index is 0.0121. The molecule has 0 aliphatic heterocycles. The predicted octanol–water partition coefficient (Wildman–Crippen LogP) is 6.63. The molecule has 134 valence electrons. The first kappa shape index (κ1) is 14.8. The number of rotatable bonds is 0. The molecule has 3 aromatic carbocycles. The monoisotopic (exact) mass is 360 g/mol. The molecule has 0 radical (unpaired) electrons. The SMILES string of the molecule is Cn1c2cccc3c4ccccc4n4c5c(c6ccc1c(c32)c64)C=CC5(C)C. The molecule has 0 atom stereocenters. The van der Waals surface area contributed by atoms with Gasteiger partial charge in [0.1, 0.15) is 0 Å². The molecule has 2 heteroatoms. The van der Waals surface area contributed by atoms with Gasteiger partial charge in [-0.3, -0.25) is 0 Å². The smallest absolute Gasteiger partial charge is 0.0638 e. The molecule has 0 unspecified atom stereocenters. The molecule has 1 aliphatic rings. The maximum atomic E-state index is 2.56. The van der Waals surface area contributed by atoms with Crippen LogP contribution in [-0.4, -0.2) is 8.97 Å². The Labute approximate surface area is 162 Å². The molecule has 28 heavy (non-hydrogen) atoms. The van der Waals surface area contributed by atoms with E-state index in [2.05, 4.69) is 96.6 Å². The van der Waals surface area contributed by atoms with E-state index in [1.165, 1.54) is 60.3 Å². The van der Waals surface area contributed by atoms with Gasteiger partial charge in [-0.2, -0.15) is 0 Å². The van der Waals surface area contributed by atoms with Gasteiger partial charge >= 0.3 is 0 Å². The number of para-hydroxylation sites is 1. The number of fused-ring (bicyclic) bond motifs is 6. The second kappa shape index (κ2) is 4.41. The maximum absolute atomic E-state index is 2.56. The van der Waals surface area contributed by atoms with Gasteiger partial charge in [-0.05, 0) is 23.6 Å². The van der Waals surface area contributed by atoms with Crippen LogP contribution in [0, 0.1) is 0 Å². The minimum atomic E-state index is 0.0121. The Morgan fingerprint density at radius 1 is 0.714 bits per heavy atom. The van der Waals surface area contributed by atoms with Crippen molar-refractivity contribution in [1.29, 1.82) is 0 Å². The quantitative estimate of drug-likeness (QED) is 0.287. The molecule has 0 amide bonds. The first-order valence-electron chi connectivity index (χ1n) is 9.96. The molecule has 2 nitrogen and oxygen atoms in total. The average Bonchev–Trinajstić information content (AvgIpc) is 3.27. The van der Waals surface area contributed by atoms with E-state index in [1.54, 1.807) is 0 Å². The number of hydrogen-bond acceptors (Lipinski definition) is 0. The molecule has 7 rings (SSSR count). The third-order valence-electron chi connectivity index (χ3n) is 6.88. The van der Waals surface area contributed by atoms with Crippen molar-refractivity contribution < 1.29 is 0 Å². The van der Waals surface area contributed by atoms with Crippen LogP contribution in [0.3, 0.4) is 0 Å². The highest BCUT2D eigenvalue weighted by molar-refractivity contribution is 6.30. The van der Waals surface area contributed by atoms with Gasteiger partial charge in [0.2, 0.25) is 0 Å². The van der Waals surface area contributed by atoms with Gasteiger partial charge in [-0.1, -0.05) is 62.4 Å². The Morgan fingerprint density at radius 3 is 2.36 bits per heavy atom. The third kappa shape index (κ3) is 1.43. The highest BCUT2D eigenvalue weighted by Crippen LogP contribution is 2.47. The second-order valence-corrected chi connectivity index (χ2v) is 8.78. The fourth-order valence-electron chi connectivity index (χ4n) is 5.66. The van der Waals surface area contributed by atoms with Gasteiger partial charge in [0.05, 0.1) is 16.6 Å². The zero-order valence-corrected chi connectivity index (χ0v) is 16.2. The van der Waals surface area contributed by atoms with Gasteiger partial charge in [0.25, 0.3) is 0 Å². The fourth-order valence-corrected chi connectivity index (χ4v) is 5.66. The Morgan fingerprint density at radius 2 is 1.46 bits per heavy atom. The summed E-state index contributed by atoms with van der Waals surface area (Å²) in [4.78, 5) is 0. The van der Waals surface area contributed by atoms with Crippen LogP contribution in [0.2, 0.25) is 0 Å². The highest BCUT2D eigenvalue weighted by Gasteiger charge is 2.33. The number of allylic oxidation sites excluding steroid dienone is 1. The Hall–Kier alpha value is -3.26. The lowest BCUT2D eigenvalue weighted by molar-refractivity contribution is 0.654. The third-order valence-corrected chi connectivity index (χ3v) is 6.88. The van der Waals surface area contributed by atoms with E-state index in [0.717, 1.165) is 0 Å². The highest BCUT2D eigenvalue weighted by atomic mass is 15.0. The summed E-state index contributed by atoms with van der Waals surface area (Å²) in [5.74, 6) is 0. The van der Waals surface area contributed by atoms with Gasteiger partial charge in [0, 0.05) is 50.8 Å². The van der Waals surface area contributed by atoms with Crippen LogP contribution in [0.1, 0.15) is 25.1 Å². The predicted molar refractivity (Wildman–Crippen MR) is 120 cm³/mol. The summed E-state index contributed by atoms with van der Waals surface area (Å²) < 4.78 is 4.91. The largest absolute Gasteiger partial charge is 0.344 e. The van der Waals surface area contributed by atoms with Crippen molar-refractivity contribution in [3.63, 3.8) is 0 Å². The van der Waals surface area contributed by atoms with Crippen molar-refractivity contribution in [2.75, 3.05) is 0 Å². The molecule has 0 bridgehead atoms. The lowest BCUT2D eigenvalue weighted by Crippen LogP contribution is -2.14. The molecule has 0 saturated carbocycles. The normalized spacial score (nSPS) is 15.8. The molecule has 0 N–H and O–H groups in total. The van der Waals surface area contributed by atoms with E-state index >= 15 is 0 Å². The van der Waals surface area contributed by atoms with E-state index in [9.17, 15) is 0 Å². The van der Waals surface area contributed by atoms with Crippen LogP contribution in [0.4, 0.5) is 0 Å². The molecular formula is C26H20N2. The number of aryl methyl sites for hydroxylation is 1. The summed E-state index contributed by atoms with van der Waals surface area (Å²) >= 11 is 0. The molecule has 0 saturated heterocycles. The lowest BCUT2D eigenvalue weighted by Gasteiger charge is -2.18. The molecule has 1 aliphatic carbocycles. The summed E-state index contributed by atoms with van der Waals surface area (Å²) in [6, 6.07) is 20.3. The second-order valence-electron chi connectivity index (χ2n) is 8.78. The van der Waals surface area contributed by atoms with Crippen LogP contribution in [0.15, 0.2) is 60.7 Å². The van der Waals surface area contributed by atoms with Crippen LogP contribution >= 0.6 is 0 Å².